The second-order valence-electron chi connectivity index (χ2n) is 4.68. The van der Waals surface area contributed by atoms with Crippen molar-refractivity contribution in [3.8, 4) is 11.4 Å². The lowest BCUT2D eigenvalue weighted by Gasteiger charge is -2.08. The summed E-state index contributed by atoms with van der Waals surface area (Å²) in [6.07, 6.45) is 5.85. The summed E-state index contributed by atoms with van der Waals surface area (Å²) in [7, 11) is 0. The highest BCUT2D eigenvalue weighted by Crippen LogP contribution is 2.20. The van der Waals surface area contributed by atoms with Crippen molar-refractivity contribution in [1.82, 2.24) is 15.3 Å². The summed E-state index contributed by atoms with van der Waals surface area (Å²) in [5, 5.41) is 3.35. The Morgan fingerprint density at radius 3 is 2.26 bits per heavy atom. The van der Waals surface area contributed by atoms with Crippen molar-refractivity contribution >= 4 is 11.8 Å². The Balaban J connectivity index is 2.08. The highest BCUT2D eigenvalue weighted by Gasteiger charge is 2.02. The number of thioether (sulfide) groups is 1. The third-order valence-corrected chi connectivity index (χ3v) is 3.51. The minimum absolute atomic E-state index is 0.471. The van der Waals surface area contributed by atoms with E-state index in [0.717, 1.165) is 23.5 Å². The first-order chi connectivity index (χ1) is 9.19. The average Bonchev–Trinajstić information content (AvgIpc) is 2.46. The second kappa shape index (κ2) is 6.68. The molecule has 0 aliphatic heterocycles. The summed E-state index contributed by atoms with van der Waals surface area (Å²) in [5.41, 5.74) is 2.17. The van der Waals surface area contributed by atoms with Crippen LogP contribution in [0.1, 0.15) is 19.4 Å². The Bertz CT molecular complexity index is 506. The van der Waals surface area contributed by atoms with E-state index in [1.165, 1.54) is 4.90 Å². The van der Waals surface area contributed by atoms with Gasteiger partial charge in [0.1, 0.15) is 0 Å². The smallest absolute Gasteiger partial charge is 0.159 e. The van der Waals surface area contributed by atoms with Crippen LogP contribution >= 0.6 is 11.8 Å². The highest BCUT2D eigenvalue weighted by molar-refractivity contribution is 7.98. The Morgan fingerprint density at radius 2 is 1.74 bits per heavy atom. The van der Waals surface area contributed by atoms with E-state index in [0.29, 0.717) is 6.04 Å². The number of rotatable bonds is 5. The van der Waals surface area contributed by atoms with Gasteiger partial charge in [-0.25, -0.2) is 9.97 Å². The maximum absolute atomic E-state index is 4.42. The number of aromatic nitrogens is 2. The number of nitrogens with one attached hydrogen (secondary N) is 1. The van der Waals surface area contributed by atoms with Gasteiger partial charge in [-0.1, -0.05) is 26.0 Å². The highest BCUT2D eigenvalue weighted by atomic mass is 32.2. The number of nitrogens with zero attached hydrogens (tertiary/aromatic N) is 2. The molecule has 2 aromatic rings. The molecule has 0 aliphatic rings. The monoisotopic (exact) mass is 273 g/mol. The molecular formula is C15H19N3S. The van der Waals surface area contributed by atoms with Gasteiger partial charge in [0.05, 0.1) is 0 Å². The lowest BCUT2D eigenvalue weighted by Crippen LogP contribution is -2.21. The fraction of sp³-hybridized carbons (Fsp3) is 0.333. The van der Waals surface area contributed by atoms with E-state index in [9.17, 15) is 0 Å². The zero-order chi connectivity index (χ0) is 13.7. The van der Waals surface area contributed by atoms with Crippen LogP contribution in [-0.2, 0) is 6.54 Å². The quantitative estimate of drug-likeness (QED) is 0.848. The second-order valence-corrected chi connectivity index (χ2v) is 5.56. The minimum atomic E-state index is 0.471. The van der Waals surface area contributed by atoms with Gasteiger partial charge in [-0.2, -0.15) is 0 Å². The summed E-state index contributed by atoms with van der Waals surface area (Å²) < 4.78 is 0. The SMILES string of the molecule is CSc1ccc(-c2ncc(CNC(C)C)cn2)cc1. The van der Waals surface area contributed by atoms with Gasteiger partial charge in [0.2, 0.25) is 0 Å². The van der Waals surface area contributed by atoms with Crippen LogP contribution in [0.15, 0.2) is 41.6 Å². The van der Waals surface area contributed by atoms with Gasteiger partial charge in [-0.3, -0.25) is 0 Å². The molecule has 0 saturated heterocycles. The number of hydrogen-bond acceptors (Lipinski definition) is 4. The van der Waals surface area contributed by atoms with E-state index >= 15 is 0 Å². The summed E-state index contributed by atoms with van der Waals surface area (Å²) in [4.78, 5) is 10.1. The summed E-state index contributed by atoms with van der Waals surface area (Å²) in [5.74, 6) is 0.779. The van der Waals surface area contributed by atoms with E-state index in [4.69, 9.17) is 0 Å². The Labute approximate surface area is 118 Å². The molecule has 0 unspecified atom stereocenters. The normalized spacial score (nSPS) is 10.9. The molecule has 0 amide bonds. The van der Waals surface area contributed by atoms with E-state index < -0.39 is 0 Å². The predicted molar refractivity (Wildman–Crippen MR) is 81.2 cm³/mol. The van der Waals surface area contributed by atoms with Crippen molar-refractivity contribution in [3.63, 3.8) is 0 Å². The molecule has 0 atom stereocenters. The topological polar surface area (TPSA) is 37.8 Å². The molecule has 0 bridgehead atoms. The molecule has 0 aliphatic carbocycles. The Hall–Kier alpha value is -1.39. The lowest BCUT2D eigenvalue weighted by atomic mass is 10.2. The van der Waals surface area contributed by atoms with Crippen molar-refractivity contribution in [3.05, 3.63) is 42.2 Å². The van der Waals surface area contributed by atoms with E-state index in [2.05, 4.69) is 59.7 Å². The van der Waals surface area contributed by atoms with E-state index in [1.54, 1.807) is 11.8 Å². The molecule has 4 heteroatoms. The van der Waals surface area contributed by atoms with Crippen LogP contribution in [0.3, 0.4) is 0 Å². The Kier molecular flexibility index (Phi) is 4.93. The zero-order valence-electron chi connectivity index (χ0n) is 11.6. The standard InChI is InChI=1S/C15H19N3S/c1-11(2)16-8-12-9-17-15(18-10-12)13-4-6-14(19-3)7-5-13/h4-7,9-11,16H,8H2,1-3H3. The first-order valence-electron chi connectivity index (χ1n) is 6.38. The van der Waals surface area contributed by atoms with Crippen LogP contribution in [0.4, 0.5) is 0 Å². The van der Waals surface area contributed by atoms with Crippen molar-refractivity contribution in [2.24, 2.45) is 0 Å². The fourth-order valence-electron chi connectivity index (χ4n) is 1.66. The van der Waals surface area contributed by atoms with E-state index in [-0.39, 0.29) is 0 Å². The molecule has 1 aromatic carbocycles. The molecule has 1 N–H and O–H groups in total. The van der Waals surface area contributed by atoms with Crippen molar-refractivity contribution in [1.29, 1.82) is 0 Å². The first kappa shape index (κ1) is 14.0. The summed E-state index contributed by atoms with van der Waals surface area (Å²) in [6, 6.07) is 8.79. The lowest BCUT2D eigenvalue weighted by molar-refractivity contribution is 0.587. The van der Waals surface area contributed by atoms with Crippen molar-refractivity contribution < 1.29 is 0 Å². The molecule has 3 nitrogen and oxygen atoms in total. The van der Waals surface area contributed by atoms with Crippen LogP contribution in [0.5, 0.6) is 0 Å². The predicted octanol–water partition coefficient (Wildman–Crippen LogP) is 3.36. The fourth-order valence-corrected chi connectivity index (χ4v) is 2.07. The number of hydrogen-bond donors (Lipinski definition) is 1. The Morgan fingerprint density at radius 1 is 1.11 bits per heavy atom. The van der Waals surface area contributed by atoms with Gasteiger partial charge in [0.25, 0.3) is 0 Å². The molecular weight excluding hydrogens is 254 g/mol. The number of benzene rings is 1. The zero-order valence-corrected chi connectivity index (χ0v) is 12.4. The van der Waals surface area contributed by atoms with Crippen LogP contribution < -0.4 is 5.32 Å². The molecule has 0 fully saturated rings. The van der Waals surface area contributed by atoms with Gasteiger partial charge in [0, 0.05) is 41.0 Å². The third kappa shape index (κ3) is 4.04. The van der Waals surface area contributed by atoms with Gasteiger partial charge in [0.15, 0.2) is 5.82 Å². The van der Waals surface area contributed by atoms with Crippen molar-refractivity contribution in [2.75, 3.05) is 6.26 Å². The third-order valence-electron chi connectivity index (χ3n) is 2.77. The van der Waals surface area contributed by atoms with Crippen LogP contribution in [0, 0.1) is 0 Å². The molecule has 2 rings (SSSR count). The molecule has 1 heterocycles. The van der Waals surface area contributed by atoms with E-state index in [1.807, 2.05) is 12.4 Å². The van der Waals surface area contributed by atoms with Crippen molar-refractivity contribution in [2.45, 2.75) is 31.3 Å². The molecule has 0 spiro atoms. The molecule has 19 heavy (non-hydrogen) atoms. The average molecular weight is 273 g/mol. The van der Waals surface area contributed by atoms with Gasteiger partial charge >= 0.3 is 0 Å². The van der Waals surface area contributed by atoms with Gasteiger partial charge in [-0.15, -0.1) is 11.8 Å². The molecule has 0 saturated carbocycles. The van der Waals surface area contributed by atoms with Gasteiger partial charge < -0.3 is 5.32 Å². The molecule has 1 aromatic heterocycles. The first-order valence-corrected chi connectivity index (χ1v) is 7.60. The van der Waals surface area contributed by atoms with Gasteiger partial charge in [-0.05, 0) is 18.4 Å². The molecule has 0 radical (unpaired) electrons. The summed E-state index contributed by atoms with van der Waals surface area (Å²) >= 11 is 1.74. The summed E-state index contributed by atoms with van der Waals surface area (Å²) in [6.45, 7) is 5.06. The minimum Gasteiger partial charge on any atom is -0.310 e. The maximum Gasteiger partial charge on any atom is 0.159 e. The van der Waals surface area contributed by atoms with Crippen LogP contribution in [0.25, 0.3) is 11.4 Å². The molecule has 100 valence electrons. The largest absolute Gasteiger partial charge is 0.310 e. The van der Waals surface area contributed by atoms with Crippen LogP contribution in [-0.4, -0.2) is 22.3 Å². The van der Waals surface area contributed by atoms with Crippen LogP contribution in [0.2, 0.25) is 0 Å². The maximum atomic E-state index is 4.42.